The van der Waals surface area contributed by atoms with Gasteiger partial charge in [0, 0.05) is 20.1 Å². The van der Waals surface area contributed by atoms with Crippen molar-refractivity contribution in [1.82, 2.24) is 18.8 Å². The van der Waals surface area contributed by atoms with E-state index in [0.717, 1.165) is 10.4 Å². The van der Waals surface area contributed by atoms with Crippen molar-refractivity contribution in [2.45, 2.75) is 17.1 Å². The van der Waals surface area contributed by atoms with Crippen LogP contribution in [0.25, 0.3) is 0 Å². The van der Waals surface area contributed by atoms with Crippen LogP contribution in [0.5, 0.6) is 0 Å². The Balaban J connectivity index is 1.59. The second-order valence-electron chi connectivity index (χ2n) is 7.35. The number of amides is 1. The molecule has 162 valence electrons. The van der Waals surface area contributed by atoms with Gasteiger partial charge in [0.2, 0.25) is 10.0 Å². The van der Waals surface area contributed by atoms with Gasteiger partial charge >= 0.3 is 0 Å². The van der Waals surface area contributed by atoms with E-state index in [1.165, 1.54) is 30.7 Å². The molecule has 30 heavy (non-hydrogen) atoms. The summed E-state index contributed by atoms with van der Waals surface area (Å²) in [6.07, 6.45) is 3.60. The molecule has 0 radical (unpaired) electrons. The van der Waals surface area contributed by atoms with Crippen LogP contribution in [0.2, 0.25) is 0 Å². The highest BCUT2D eigenvalue weighted by atomic mass is 32.2. The maximum Gasteiger partial charge on any atom is 0.272 e. The molecule has 0 aliphatic carbocycles. The molecule has 1 aromatic carbocycles. The number of hydrogen-bond acceptors (Lipinski definition) is 6. The van der Waals surface area contributed by atoms with Crippen LogP contribution in [0, 0.1) is 5.82 Å². The summed E-state index contributed by atoms with van der Waals surface area (Å²) in [6, 6.07) is 5.26. The Hall–Kier alpha value is -2.34. The first kappa shape index (κ1) is 20.9. The zero-order chi connectivity index (χ0) is 21.4. The molecule has 1 unspecified atom stereocenters. The zero-order valence-electron chi connectivity index (χ0n) is 16.5. The van der Waals surface area contributed by atoms with Gasteiger partial charge in [0.25, 0.3) is 5.91 Å². The van der Waals surface area contributed by atoms with Gasteiger partial charge in [-0.3, -0.25) is 4.79 Å². The molecular formula is C19H23FN4O5S. The number of carbonyl (C=O) groups excluding carboxylic acids is 1. The lowest BCUT2D eigenvalue weighted by Gasteiger charge is -2.42. The quantitative estimate of drug-likeness (QED) is 0.705. The largest absolute Gasteiger partial charge is 0.347 e. The van der Waals surface area contributed by atoms with Crippen LogP contribution in [0.15, 0.2) is 41.7 Å². The molecule has 2 aromatic rings. The summed E-state index contributed by atoms with van der Waals surface area (Å²) < 4.78 is 54.8. The van der Waals surface area contributed by atoms with E-state index < -0.39 is 26.5 Å². The van der Waals surface area contributed by atoms with Gasteiger partial charge in [0.1, 0.15) is 16.4 Å². The number of aryl methyl sites for hydroxylation is 1. The molecule has 0 N–H and O–H groups in total. The molecule has 0 bridgehead atoms. The first-order valence-electron chi connectivity index (χ1n) is 9.61. The molecule has 2 aliphatic rings. The number of nitrogens with zero attached hydrogens (tertiary/aromatic N) is 4. The van der Waals surface area contributed by atoms with Gasteiger partial charge in [-0.2, -0.15) is 4.31 Å². The van der Waals surface area contributed by atoms with Crippen LogP contribution in [-0.4, -0.2) is 78.3 Å². The third kappa shape index (κ3) is 3.85. The van der Waals surface area contributed by atoms with Crippen LogP contribution in [0.3, 0.4) is 0 Å². The van der Waals surface area contributed by atoms with E-state index in [4.69, 9.17) is 9.47 Å². The standard InChI is InChI=1S/C19H23FN4O5S/c1-22-14-21-11-16(22)18(25)23-7-4-9-28-19(12-23)13-24(8-10-29-19)30(26,27)17-6-3-2-5-15(17)20/h2-3,5-6,11,14H,4,7-10,12-13H2,1H3. The summed E-state index contributed by atoms with van der Waals surface area (Å²) >= 11 is 0. The van der Waals surface area contributed by atoms with Gasteiger partial charge in [-0.1, -0.05) is 12.1 Å². The van der Waals surface area contributed by atoms with Crippen molar-refractivity contribution in [3.05, 3.63) is 48.3 Å². The highest BCUT2D eigenvalue weighted by molar-refractivity contribution is 7.89. The molecule has 2 saturated heterocycles. The Bertz CT molecular complexity index is 1040. The number of imidazole rings is 1. The van der Waals surface area contributed by atoms with Crippen molar-refractivity contribution in [1.29, 1.82) is 0 Å². The number of sulfonamides is 1. The molecule has 4 rings (SSSR count). The number of carbonyl (C=O) groups is 1. The minimum atomic E-state index is -4.09. The second-order valence-corrected chi connectivity index (χ2v) is 9.25. The third-order valence-electron chi connectivity index (χ3n) is 5.27. The molecule has 3 heterocycles. The average Bonchev–Trinajstić information content (AvgIpc) is 3.05. The fraction of sp³-hybridized carbons (Fsp3) is 0.474. The monoisotopic (exact) mass is 438 g/mol. The number of halogens is 1. The summed E-state index contributed by atoms with van der Waals surface area (Å²) in [5.41, 5.74) is 0.415. The van der Waals surface area contributed by atoms with Gasteiger partial charge < -0.3 is 18.9 Å². The first-order chi connectivity index (χ1) is 14.3. The molecule has 1 aromatic heterocycles. The molecule has 9 nitrogen and oxygen atoms in total. The van der Waals surface area contributed by atoms with Crippen molar-refractivity contribution < 1.29 is 27.1 Å². The molecule has 2 fully saturated rings. The van der Waals surface area contributed by atoms with E-state index in [9.17, 15) is 17.6 Å². The van der Waals surface area contributed by atoms with Crippen molar-refractivity contribution in [3.63, 3.8) is 0 Å². The van der Waals surface area contributed by atoms with E-state index in [1.807, 2.05) is 0 Å². The van der Waals surface area contributed by atoms with E-state index in [2.05, 4.69) is 4.98 Å². The van der Waals surface area contributed by atoms with E-state index in [1.54, 1.807) is 16.5 Å². The number of rotatable bonds is 3. The van der Waals surface area contributed by atoms with Gasteiger partial charge in [0.05, 0.1) is 38.8 Å². The van der Waals surface area contributed by atoms with Crippen LogP contribution in [-0.2, 0) is 26.5 Å². The second kappa shape index (κ2) is 8.06. The summed E-state index contributed by atoms with van der Waals surface area (Å²) in [5, 5.41) is 0. The smallest absolute Gasteiger partial charge is 0.272 e. The van der Waals surface area contributed by atoms with Crippen LogP contribution >= 0.6 is 0 Å². The molecular weight excluding hydrogens is 415 g/mol. The molecule has 1 atom stereocenters. The Morgan fingerprint density at radius 3 is 2.67 bits per heavy atom. The van der Waals surface area contributed by atoms with E-state index in [0.29, 0.717) is 25.3 Å². The summed E-state index contributed by atoms with van der Waals surface area (Å²) in [5.74, 6) is -2.37. The first-order valence-corrected chi connectivity index (χ1v) is 11.0. The Labute approximate surface area is 174 Å². The maximum atomic E-state index is 14.2. The van der Waals surface area contributed by atoms with Crippen molar-refractivity contribution in [2.24, 2.45) is 7.05 Å². The number of morpholine rings is 1. The Morgan fingerprint density at radius 2 is 1.93 bits per heavy atom. The molecule has 2 aliphatic heterocycles. The van der Waals surface area contributed by atoms with Crippen molar-refractivity contribution >= 4 is 15.9 Å². The minimum Gasteiger partial charge on any atom is -0.347 e. The van der Waals surface area contributed by atoms with Crippen LogP contribution in [0.1, 0.15) is 16.9 Å². The lowest BCUT2D eigenvalue weighted by atomic mass is 10.2. The number of aromatic nitrogens is 2. The van der Waals surface area contributed by atoms with Crippen LogP contribution < -0.4 is 0 Å². The van der Waals surface area contributed by atoms with Gasteiger partial charge in [-0.05, 0) is 18.6 Å². The molecule has 1 amide bonds. The van der Waals surface area contributed by atoms with Gasteiger partial charge in [0.15, 0.2) is 5.79 Å². The van der Waals surface area contributed by atoms with Crippen LogP contribution in [0.4, 0.5) is 4.39 Å². The van der Waals surface area contributed by atoms with Gasteiger partial charge in [-0.15, -0.1) is 0 Å². The zero-order valence-corrected chi connectivity index (χ0v) is 17.3. The molecule has 1 spiro atoms. The van der Waals surface area contributed by atoms with E-state index in [-0.39, 0.29) is 32.1 Å². The third-order valence-corrected chi connectivity index (χ3v) is 7.15. The average molecular weight is 438 g/mol. The highest BCUT2D eigenvalue weighted by Gasteiger charge is 2.46. The normalized spacial score (nSPS) is 23.5. The lowest BCUT2D eigenvalue weighted by Crippen LogP contribution is -2.59. The minimum absolute atomic E-state index is 0.0559. The number of ether oxygens (including phenoxy) is 2. The Morgan fingerprint density at radius 1 is 1.17 bits per heavy atom. The summed E-state index contributed by atoms with van der Waals surface area (Å²) in [6.45, 7) is 0.802. The molecule has 0 saturated carbocycles. The van der Waals surface area contributed by atoms with E-state index >= 15 is 0 Å². The Kier molecular flexibility index (Phi) is 5.62. The molecule has 11 heteroatoms. The van der Waals surface area contributed by atoms with Crippen molar-refractivity contribution in [3.8, 4) is 0 Å². The topological polar surface area (TPSA) is 94.0 Å². The predicted octanol–water partition coefficient (Wildman–Crippen LogP) is 0.839. The fourth-order valence-electron chi connectivity index (χ4n) is 3.74. The van der Waals surface area contributed by atoms with Crippen molar-refractivity contribution in [2.75, 3.05) is 39.4 Å². The van der Waals surface area contributed by atoms with Gasteiger partial charge in [-0.25, -0.2) is 17.8 Å². The predicted molar refractivity (Wildman–Crippen MR) is 104 cm³/mol. The fourth-order valence-corrected chi connectivity index (χ4v) is 5.26. The lowest BCUT2D eigenvalue weighted by molar-refractivity contribution is -0.255. The number of hydrogen-bond donors (Lipinski definition) is 0. The summed E-state index contributed by atoms with van der Waals surface area (Å²) in [7, 11) is -2.36. The number of benzene rings is 1. The maximum absolute atomic E-state index is 14.2. The SMILES string of the molecule is Cn1cncc1C(=O)N1CCCOC2(C1)CN(S(=O)(=O)c1ccccc1F)CCO2. The highest BCUT2D eigenvalue weighted by Crippen LogP contribution is 2.29. The summed E-state index contributed by atoms with van der Waals surface area (Å²) in [4.78, 5) is 18.2.